The Hall–Kier alpha value is -2.93. The summed E-state index contributed by atoms with van der Waals surface area (Å²) in [6.45, 7) is 0. The average molecular weight is 318 g/mol. The number of rotatable bonds is 2. The molecule has 0 amide bonds. The van der Waals surface area contributed by atoms with Crippen molar-refractivity contribution in [2.24, 2.45) is 0 Å². The van der Waals surface area contributed by atoms with Crippen LogP contribution in [-0.4, -0.2) is 39.4 Å². The molecule has 0 fully saturated rings. The van der Waals surface area contributed by atoms with E-state index in [0.717, 1.165) is 6.07 Å². The Morgan fingerprint density at radius 2 is 1.83 bits per heavy atom. The van der Waals surface area contributed by atoms with Crippen molar-refractivity contribution in [2.75, 3.05) is 7.11 Å². The zero-order valence-electron chi connectivity index (χ0n) is 12.1. The third kappa shape index (κ3) is 2.40. The molecule has 4 N–H and O–H groups in total. The molecule has 0 aliphatic carbocycles. The van der Waals surface area contributed by atoms with Gasteiger partial charge in [-0.25, -0.2) is 0 Å². The molecular weight excluding hydrogens is 304 g/mol. The Kier molecular flexibility index (Phi) is 3.49. The second-order valence-corrected chi connectivity index (χ2v) is 5.12. The molecule has 0 saturated carbocycles. The van der Waals surface area contributed by atoms with Crippen LogP contribution in [0.3, 0.4) is 0 Å². The number of hydrogen-bond donors (Lipinski definition) is 4. The Balaban J connectivity index is 2.07. The minimum atomic E-state index is -1.55. The first kappa shape index (κ1) is 15.0. The van der Waals surface area contributed by atoms with Gasteiger partial charge in [-0.15, -0.1) is 0 Å². The number of benzene rings is 2. The van der Waals surface area contributed by atoms with Gasteiger partial charge in [0, 0.05) is 12.1 Å². The standard InChI is InChI=1S/C16H14O7/c1-22-11-4-7(2-3-9(11)18)16-15(21)14(20)13-10(19)5-8(17)6-12(13)23-16/h2-6,15-19,21H,1H3. The van der Waals surface area contributed by atoms with Crippen molar-refractivity contribution in [1.82, 2.24) is 0 Å². The lowest BCUT2D eigenvalue weighted by Crippen LogP contribution is -2.36. The van der Waals surface area contributed by atoms with E-state index in [4.69, 9.17) is 9.47 Å². The number of aromatic hydroxyl groups is 3. The molecule has 2 atom stereocenters. The van der Waals surface area contributed by atoms with Crippen LogP contribution in [0.1, 0.15) is 22.0 Å². The van der Waals surface area contributed by atoms with Gasteiger partial charge in [-0.1, -0.05) is 6.07 Å². The number of methoxy groups -OCH3 is 1. The van der Waals surface area contributed by atoms with Crippen molar-refractivity contribution >= 4 is 5.78 Å². The zero-order chi connectivity index (χ0) is 16.7. The van der Waals surface area contributed by atoms with Crippen molar-refractivity contribution in [1.29, 1.82) is 0 Å². The van der Waals surface area contributed by atoms with Gasteiger partial charge in [0.1, 0.15) is 22.8 Å². The van der Waals surface area contributed by atoms with Gasteiger partial charge in [0.2, 0.25) is 5.78 Å². The maximum atomic E-state index is 12.3. The first-order valence-electron chi connectivity index (χ1n) is 6.74. The fourth-order valence-corrected chi connectivity index (χ4v) is 2.54. The fourth-order valence-electron chi connectivity index (χ4n) is 2.54. The summed E-state index contributed by atoms with van der Waals surface area (Å²) in [6.07, 6.45) is -2.61. The molecule has 1 aliphatic rings. The number of aliphatic hydroxyl groups is 1. The average Bonchev–Trinajstić information content (AvgIpc) is 2.50. The molecule has 2 aromatic rings. The lowest BCUT2D eigenvalue weighted by atomic mass is 9.92. The van der Waals surface area contributed by atoms with Crippen molar-refractivity contribution in [2.45, 2.75) is 12.2 Å². The molecule has 7 heteroatoms. The van der Waals surface area contributed by atoms with E-state index >= 15 is 0 Å². The Labute approximate surface area is 131 Å². The summed E-state index contributed by atoms with van der Waals surface area (Å²) in [5.74, 6) is -1.42. The number of phenols is 3. The number of fused-ring (bicyclic) bond motifs is 1. The number of carbonyl (C=O) groups is 1. The van der Waals surface area contributed by atoms with E-state index in [0.29, 0.717) is 5.56 Å². The third-order valence-electron chi connectivity index (χ3n) is 3.65. The van der Waals surface area contributed by atoms with E-state index in [2.05, 4.69) is 0 Å². The molecule has 2 unspecified atom stereocenters. The van der Waals surface area contributed by atoms with Crippen molar-refractivity contribution in [3.8, 4) is 28.7 Å². The summed E-state index contributed by atoms with van der Waals surface area (Å²) in [6, 6.07) is 6.45. The molecule has 0 saturated heterocycles. The summed E-state index contributed by atoms with van der Waals surface area (Å²) in [5, 5.41) is 39.1. The molecule has 0 radical (unpaired) electrons. The summed E-state index contributed by atoms with van der Waals surface area (Å²) in [7, 11) is 1.37. The van der Waals surface area contributed by atoms with Crippen LogP contribution >= 0.6 is 0 Å². The van der Waals surface area contributed by atoms with Gasteiger partial charge in [0.25, 0.3) is 0 Å². The smallest absolute Gasteiger partial charge is 0.202 e. The minimum Gasteiger partial charge on any atom is -0.508 e. The SMILES string of the molecule is COc1cc(C2Oc3cc(O)cc(O)c3C(=O)C2O)ccc1O. The number of ketones is 1. The maximum Gasteiger partial charge on any atom is 0.202 e. The van der Waals surface area contributed by atoms with Crippen LogP contribution in [0, 0.1) is 0 Å². The van der Waals surface area contributed by atoms with Crippen LogP contribution in [0.25, 0.3) is 0 Å². The largest absolute Gasteiger partial charge is 0.508 e. The third-order valence-corrected chi connectivity index (χ3v) is 3.65. The molecule has 23 heavy (non-hydrogen) atoms. The molecule has 1 aliphatic heterocycles. The minimum absolute atomic E-state index is 0.0326. The monoisotopic (exact) mass is 318 g/mol. The van der Waals surface area contributed by atoms with Crippen molar-refractivity contribution < 1.29 is 34.7 Å². The van der Waals surface area contributed by atoms with Crippen molar-refractivity contribution in [3.63, 3.8) is 0 Å². The van der Waals surface area contributed by atoms with Crippen LogP contribution in [0.2, 0.25) is 0 Å². The van der Waals surface area contributed by atoms with Gasteiger partial charge >= 0.3 is 0 Å². The fraction of sp³-hybridized carbons (Fsp3) is 0.188. The van der Waals surface area contributed by atoms with Crippen LogP contribution < -0.4 is 9.47 Å². The number of hydrogen-bond acceptors (Lipinski definition) is 7. The van der Waals surface area contributed by atoms with E-state index in [1.807, 2.05) is 0 Å². The lowest BCUT2D eigenvalue weighted by molar-refractivity contribution is 0.0210. The molecule has 3 rings (SSSR count). The van der Waals surface area contributed by atoms with E-state index in [1.54, 1.807) is 0 Å². The Morgan fingerprint density at radius 1 is 1.09 bits per heavy atom. The molecule has 1 heterocycles. The first-order chi connectivity index (χ1) is 10.9. The normalized spacial score (nSPS) is 19.8. The summed E-state index contributed by atoms with van der Waals surface area (Å²) < 4.78 is 10.6. The number of aliphatic hydroxyl groups excluding tert-OH is 1. The second-order valence-electron chi connectivity index (χ2n) is 5.12. The van der Waals surface area contributed by atoms with Crippen LogP contribution in [0.5, 0.6) is 28.7 Å². The number of Topliss-reactive ketones (excluding diaryl/α,β-unsaturated/α-hetero) is 1. The van der Waals surface area contributed by atoms with Crippen LogP contribution in [-0.2, 0) is 0 Å². The second kappa shape index (κ2) is 5.36. The zero-order valence-corrected chi connectivity index (χ0v) is 12.1. The molecule has 0 bridgehead atoms. The maximum absolute atomic E-state index is 12.3. The molecular formula is C16H14O7. The van der Waals surface area contributed by atoms with E-state index in [1.165, 1.54) is 31.4 Å². The highest BCUT2D eigenvalue weighted by Crippen LogP contribution is 2.42. The highest BCUT2D eigenvalue weighted by molar-refractivity contribution is 6.05. The molecule has 0 spiro atoms. The summed E-state index contributed by atoms with van der Waals surface area (Å²) in [5.41, 5.74) is 0.214. The van der Waals surface area contributed by atoms with E-state index in [9.17, 15) is 25.2 Å². The summed E-state index contributed by atoms with van der Waals surface area (Å²) in [4.78, 5) is 12.3. The number of phenolic OH excluding ortho intramolecular Hbond substituents is 3. The quantitative estimate of drug-likeness (QED) is 0.663. The number of carbonyl (C=O) groups excluding carboxylic acids is 1. The van der Waals surface area contributed by atoms with E-state index < -0.39 is 23.7 Å². The molecule has 0 aromatic heterocycles. The van der Waals surface area contributed by atoms with Crippen LogP contribution in [0.4, 0.5) is 0 Å². The van der Waals surface area contributed by atoms with Crippen molar-refractivity contribution in [3.05, 3.63) is 41.5 Å². The van der Waals surface area contributed by atoms with Gasteiger partial charge in [-0.3, -0.25) is 4.79 Å². The predicted octanol–water partition coefficient (Wildman–Crippen LogP) is 1.49. The predicted molar refractivity (Wildman–Crippen MR) is 78.1 cm³/mol. The molecule has 2 aromatic carbocycles. The molecule has 120 valence electrons. The molecule has 7 nitrogen and oxygen atoms in total. The first-order valence-corrected chi connectivity index (χ1v) is 6.74. The van der Waals surface area contributed by atoms with E-state index in [-0.39, 0.29) is 28.6 Å². The Bertz CT molecular complexity index is 784. The lowest BCUT2D eigenvalue weighted by Gasteiger charge is -2.30. The topological polar surface area (TPSA) is 116 Å². The van der Waals surface area contributed by atoms with Gasteiger partial charge in [0.15, 0.2) is 23.7 Å². The van der Waals surface area contributed by atoms with Gasteiger partial charge in [-0.05, 0) is 17.7 Å². The van der Waals surface area contributed by atoms with Gasteiger partial charge in [-0.2, -0.15) is 0 Å². The van der Waals surface area contributed by atoms with Gasteiger partial charge in [0.05, 0.1) is 7.11 Å². The van der Waals surface area contributed by atoms with Gasteiger partial charge < -0.3 is 29.9 Å². The van der Waals surface area contributed by atoms with Crippen LogP contribution in [0.15, 0.2) is 30.3 Å². The number of ether oxygens (including phenoxy) is 2. The highest BCUT2D eigenvalue weighted by atomic mass is 16.5. The summed E-state index contributed by atoms with van der Waals surface area (Å²) >= 11 is 0. The highest BCUT2D eigenvalue weighted by Gasteiger charge is 2.39. The Morgan fingerprint density at radius 3 is 2.52 bits per heavy atom.